The monoisotopic (exact) mass is 335 g/mol. The number of fused-ring (bicyclic) bond motifs is 1. The van der Waals surface area contributed by atoms with Crippen LogP contribution in [0.4, 0.5) is 5.69 Å². The Bertz CT molecular complexity index is 908. The number of carbonyl (C=O) groups excluding carboxylic acids is 1. The van der Waals surface area contributed by atoms with Crippen molar-refractivity contribution >= 4 is 11.6 Å². The van der Waals surface area contributed by atoms with Crippen molar-refractivity contribution < 1.29 is 9.53 Å². The van der Waals surface area contributed by atoms with Gasteiger partial charge in [0.05, 0.1) is 18.7 Å². The minimum Gasteiger partial charge on any atom is -0.497 e. The zero-order chi connectivity index (χ0) is 17.2. The van der Waals surface area contributed by atoms with Crippen molar-refractivity contribution in [2.75, 3.05) is 12.4 Å². The van der Waals surface area contributed by atoms with Crippen molar-refractivity contribution in [1.29, 1.82) is 0 Å². The maximum atomic E-state index is 12.8. The van der Waals surface area contributed by atoms with Crippen LogP contribution in [0.25, 0.3) is 5.69 Å². The largest absolute Gasteiger partial charge is 0.497 e. The predicted octanol–water partition coefficient (Wildman–Crippen LogP) is 2.34. The van der Waals surface area contributed by atoms with Crippen molar-refractivity contribution in [3.05, 3.63) is 59.9 Å². The summed E-state index contributed by atoms with van der Waals surface area (Å²) in [5, 5.41) is 14.2. The highest BCUT2D eigenvalue weighted by Crippen LogP contribution is 2.34. The Morgan fingerprint density at radius 1 is 1.28 bits per heavy atom. The summed E-state index contributed by atoms with van der Waals surface area (Å²) < 4.78 is 6.84. The van der Waals surface area contributed by atoms with E-state index in [1.54, 1.807) is 19.2 Å². The molecular weight excluding hydrogens is 318 g/mol. The standard InChI is InChI=1S/C18H17N5O2/c1-25-15-9-13(8-14(10-15)23-11-19-21-22-23)20-18(24)17-7-6-12-4-2-3-5-16(12)17/h2-5,8-11,17H,6-7H2,1H3,(H,20,24). The maximum Gasteiger partial charge on any atom is 0.231 e. The summed E-state index contributed by atoms with van der Waals surface area (Å²) >= 11 is 0. The summed E-state index contributed by atoms with van der Waals surface area (Å²) in [4.78, 5) is 12.8. The summed E-state index contributed by atoms with van der Waals surface area (Å²) in [5.74, 6) is 0.481. The molecule has 0 fully saturated rings. The molecule has 0 saturated carbocycles. The van der Waals surface area contributed by atoms with Crippen LogP contribution in [0.5, 0.6) is 5.75 Å². The van der Waals surface area contributed by atoms with E-state index in [1.165, 1.54) is 16.6 Å². The van der Waals surface area contributed by atoms with Gasteiger partial charge in [-0.15, -0.1) is 5.10 Å². The van der Waals surface area contributed by atoms with E-state index in [9.17, 15) is 4.79 Å². The molecule has 1 aliphatic carbocycles. The fraction of sp³-hybridized carbons (Fsp3) is 0.222. The molecule has 7 nitrogen and oxygen atoms in total. The number of aryl methyl sites for hydroxylation is 1. The molecule has 2 aromatic carbocycles. The SMILES string of the molecule is COc1cc(NC(=O)C2CCc3ccccc32)cc(-n2cnnn2)c1. The molecular formula is C18H17N5O2. The number of aromatic nitrogens is 4. The topological polar surface area (TPSA) is 81.9 Å². The number of benzene rings is 2. The highest BCUT2D eigenvalue weighted by Gasteiger charge is 2.28. The smallest absolute Gasteiger partial charge is 0.231 e. The van der Waals surface area contributed by atoms with Crippen LogP contribution < -0.4 is 10.1 Å². The van der Waals surface area contributed by atoms with Gasteiger partial charge in [0.25, 0.3) is 0 Å². The summed E-state index contributed by atoms with van der Waals surface area (Å²) in [6, 6.07) is 13.5. The number of tetrazole rings is 1. The molecule has 126 valence electrons. The summed E-state index contributed by atoms with van der Waals surface area (Å²) in [6.07, 6.45) is 3.25. The number of methoxy groups -OCH3 is 1. The molecule has 4 rings (SSSR count). The molecule has 25 heavy (non-hydrogen) atoms. The van der Waals surface area contributed by atoms with Gasteiger partial charge < -0.3 is 10.1 Å². The number of nitrogens with one attached hydrogen (secondary N) is 1. The minimum absolute atomic E-state index is 0.0131. The summed E-state index contributed by atoms with van der Waals surface area (Å²) in [6.45, 7) is 0. The third-order valence-electron chi connectivity index (χ3n) is 4.46. The molecule has 1 heterocycles. The van der Waals surface area contributed by atoms with Crippen LogP contribution in [0.1, 0.15) is 23.5 Å². The molecule has 7 heteroatoms. The zero-order valence-corrected chi connectivity index (χ0v) is 13.7. The molecule has 1 unspecified atom stereocenters. The number of rotatable bonds is 4. The number of hydrogen-bond acceptors (Lipinski definition) is 5. The van der Waals surface area contributed by atoms with Gasteiger partial charge in [-0.25, -0.2) is 4.68 Å². The van der Waals surface area contributed by atoms with E-state index in [4.69, 9.17) is 4.74 Å². The molecule has 0 saturated heterocycles. The number of hydrogen-bond donors (Lipinski definition) is 1. The molecule has 3 aromatic rings. The lowest BCUT2D eigenvalue weighted by molar-refractivity contribution is -0.117. The van der Waals surface area contributed by atoms with E-state index in [2.05, 4.69) is 26.9 Å². The molecule has 0 aliphatic heterocycles. The van der Waals surface area contributed by atoms with Crippen LogP contribution in [0.15, 0.2) is 48.8 Å². The third-order valence-corrected chi connectivity index (χ3v) is 4.46. The Morgan fingerprint density at radius 2 is 2.16 bits per heavy atom. The van der Waals surface area contributed by atoms with Crippen molar-refractivity contribution in [3.63, 3.8) is 0 Å². The van der Waals surface area contributed by atoms with Gasteiger partial charge in [-0.2, -0.15) is 0 Å². The van der Waals surface area contributed by atoms with Gasteiger partial charge in [-0.1, -0.05) is 24.3 Å². The van der Waals surface area contributed by atoms with E-state index < -0.39 is 0 Å². The Kier molecular flexibility index (Phi) is 3.89. The fourth-order valence-electron chi connectivity index (χ4n) is 3.24. The quantitative estimate of drug-likeness (QED) is 0.791. The van der Waals surface area contributed by atoms with Crippen LogP contribution in [-0.4, -0.2) is 33.2 Å². The highest BCUT2D eigenvalue weighted by atomic mass is 16.5. The number of nitrogens with zero attached hydrogens (tertiary/aromatic N) is 4. The second kappa shape index (κ2) is 6.35. The van der Waals surface area contributed by atoms with E-state index in [-0.39, 0.29) is 11.8 Å². The van der Waals surface area contributed by atoms with Gasteiger partial charge in [0.1, 0.15) is 12.1 Å². The number of anilines is 1. The molecule has 1 N–H and O–H groups in total. The van der Waals surface area contributed by atoms with Gasteiger partial charge in [0, 0.05) is 17.8 Å². The third kappa shape index (κ3) is 2.96. The lowest BCUT2D eigenvalue weighted by Crippen LogP contribution is -2.19. The van der Waals surface area contributed by atoms with Gasteiger partial charge in [0.2, 0.25) is 5.91 Å². The molecule has 1 amide bonds. The Morgan fingerprint density at radius 3 is 2.96 bits per heavy atom. The summed E-state index contributed by atoms with van der Waals surface area (Å²) in [7, 11) is 1.58. The van der Waals surface area contributed by atoms with E-state index in [0.717, 1.165) is 18.4 Å². The fourth-order valence-corrected chi connectivity index (χ4v) is 3.24. The molecule has 1 aromatic heterocycles. The van der Waals surface area contributed by atoms with Crippen LogP contribution in [-0.2, 0) is 11.2 Å². The Hall–Kier alpha value is -3.22. The van der Waals surface area contributed by atoms with Crippen molar-refractivity contribution in [2.45, 2.75) is 18.8 Å². The first-order chi connectivity index (χ1) is 12.2. The first-order valence-corrected chi connectivity index (χ1v) is 8.06. The van der Waals surface area contributed by atoms with Crippen molar-refractivity contribution in [3.8, 4) is 11.4 Å². The highest BCUT2D eigenvalue weighted by molar-refractivity contribution is 5.97. The second-order valence-corrected chi connectivity index (χ2v) is 5.95. The summed E-state index contributed by atoms with van der Waals surface area (Å²) in [5.41, 5.74) is 3.73. The Balaban J connectivity index is 1.60. The predicted molar refractivity (Wildman–Crippen MR) is 91.8 cm³/mol. The number of carbonyl (C=O) groups is 1. The van der Waals surface area contributed by atoms with E-state index in [0.29, 0.717) is 17.1 Å². The van der Waals surface area contributed by atoms with Crippen LogP contribution >= 0.6 is 0 Å². The average Bonchev–Trinajstić information content (AvgIpc) is 3.31. The molecule has 1 atom stereocenters. The first kappa shape index (κ1) is 15.3. The zero-order valence-electron chi connectivity index (χ0n) is 13.7. The van der Waals surface area contributed by atoms with Crippen LogP contribution in [0.2, 0.25) is 0 Å². The molecule has 0 bridgehead atoms. The second-order valence-electron chi connectivity index (χ2n) is 5.95. The van der Waals surface area contributed by atoms with Gasteiger partial charge in [-0.3, -0.25) is 4.79 Å². The molecule has 0 spiro atoms. The number of amides is 1. The van der Waals surface area contributed by atoms with Crippen molar-refractivity contribution in [2.24, 2.45) is 0 Å². The van der Waals surface area contributed by atoms with Gasteiger partial charge >= 0.3 is 0 Å². The lowest BCUT2D eigenvalue weighted by atomic mass is 10.0. The van der Waals surface area contributed by atoms with Crippen LogP contribution in [0.3, 0.4) is 0 Å². The molecule has 1 aliphatic rings. The lowest BCUT2D eigenvalue weighted by Gasteiger charge is -2.14. The van der Waals surface area contributed by atoms with E-state index in [1.807, 2.05) is 24.3 Å². The van der Waals surface area contributed by atoms with Crippen LogP contribution in [0, 0.1) is 0 Å². The number of ether oxygens (including phenoxy) is 1. The normalized spacial score (nSPS) is 15.6. The van der Waals surface area contributed by atoms with Gasteiger partial charge in [0.15, 0.2) is 0 Å². The molecule has 0 radical (unpaired) electrons. The van der Waals surface area contributed by atoms with Crippen molar-refractivity contribution in [1.82, 2.24) is 20.2 Å². The van der Waals surface area contributed by atoms with E-state index >= 15 is 0 Å². The first-order valence-electron chi connectivity index (χ1n) is 8.06. The average molecular weight is 335 g/mol. The minimum atomic E-state index is -0.126. The maximum absolute atomic E-state index is 12.8. The van der Waals surface area contributed by atoms with Gasteiger partial charge in [-0.05, 0) is 40.5 Å². The Labute approximate surface area is 144 Å².